The molecule has 0 aliphatic rings. The summed E-state index contributed by atoms with van der Waals surface area (Å²) < 4.78 is 54.4. The number of esters is 1. The molecule has 2 aromatic carbocycles. The van der Waals surface area contributed by atoms with E-state index in [0.717, 1.165) is 24.3 Å². The first kappa shape index (κ1) is 20.6. The summed E-state index contributed by atoms with van der Waals surface area (Å²) in [4.78, 5) is 24.6. The van der Waals surface area contributed by atoms with E-state index in [4.69, 9.17) is 4.74 Å². The number of nitrogens with one attached hydrogen (secondary N) is 1. The maximum Gasteiger partial charge on any atom is 0.416 e. The first-order valence-corrected chi connectivity index (χ1v) is 9.27. The van der Waals surface area contributed by atoms with Gasteiger partial charge in [0.05, 0.1) is 26.8 Å². The zero-order chi connectivity index (χ0) is 20.2. The molecule has 0 aliphatic heterocycles. The molecule has 0 heterocycles. The Morgan fingerprint density at radius 2 is 1.67 bits per heavy atom. The van der Waals surface area contributed by atoms with Gasteiger partial charge in [-0.1, -0.05) is 12.1 Å². The SMILES string of the molecule is C[C@H](OC(=O)c1ccccc1[S@](C)=O)C(=O)Nc1ccc(C(F)(F)F)cc1. The molecule has 0 aromatic heterocycles. The first-order valence-electron chi connectivity index (χ1n) is 7.71. The second-order valence-electron chi connectivity index (χ2n) is 5.56. The lowest BCUT2D eigenvalue weighted by molar-refractivity contribution is -0.137. The number of anilines is 1. The highest BCUT2D eigenvalue weighted by atomic mass is 32.2. The largest absolute Gasteiger partial charge is 0.449 e. The number of ether oxygens (including phenoxy) is 1. The fourth-order valence-corrected chi connectivity index (χ4v) is 2.88. The van der Waals surface area contributed by atoms with Crippen molar-refractivity contribution >= 4 is 28.4 Å². The highest BCUT2D eigenvalue weighted by Crippen LogP contribution is 2.29. The fourth-order valence-electron chi connectivity index (χ4n) is 2.15. The topological polar surface area (TPSA) is 72.5 Å². The maximum atomic E-state index is 12.5. The average Bonchev–Trinajstić information content (AvgIpc) is 2.61. The summed E-state index contributed by atoms with van der Waals surface area (Å²) in [5.41, 5.74) is -0.636. The van der Waals surface area contributed by atoms with Gasteiger partial charge in [-0.15, -0.1) is 0 Å². The first-order chi connectivity index (χ1) is 12.6. The van der Waals surface area contributed by atoms with Gasteiger partial charge in [0, 0.05) is 11.9 Å². The normalized spacial score (nSPS) is 13.5. The van der Waals surface area contributed by atoms with Gasteiger partial charge in [0.1, 0.15) is 0 Å². The number of hydrogen-bond acceptors (Lipinski definition) is 4. The number of halogens is 3. The molecule has 0 saturated heterocycles. The van der Waals surface area contributed by atoms with E-state index in [-0.39, 0.29) is 16.1 Å². The van der Waals surface area contributed by atoms with Gasteiger partial charge in [-0.25, -0.2) is 4.79 Å². The summed E-state index contributed by atoms with van der Waals surface area (Å²) in [6.45, 7) is 1.32. The van der Waals surface area contributed by atoms with Crippen LogP contribution < -0.4 is 5.32 Å². The van der Waals surface area contributed by atoms with Crippen LogP contribution in [0.25, 0.3) is 0 Å². The highest BCUT2D eigenvalue weighted by molar-refractivity contribution is 7.84. The number of amides is 1. The van der Waals surface area contributed by atoms with E-state index in [9.17, 15) is 27.0 Å². The Bertz CT molecular complexity index is 866. The second-order valence-corrected chi connectivity index (χ2v) is 6.91. The van der Waals surface area contributed by atoms with E-state index in [1.807, 2.05) is 0 Å². The van der Waals surface area contributed by atoms with Gasteiger partial charge in [-0.3, -0.25) is 9.00 Å². The van der Waals surface area contributed by atoms with E-state index in [2.05, 4.69) is 5.32 Å². The monoisotopic (exact) mass is 399 g/mol. The summed E-state index contributed by atoms with van der Waals surface area (Å²) in [5.74, 6) is -1.53. The molecule has 0 radical (unpaired) electrons. The summed E-state index contributed by atoms with van der Waals surface area (Å²) in [6.07, 6.45) is -4.27. The summed E-state index contributed by atoms with van der Waals surface area (Å²) in [5, 5.41) is 2.37. The van der Waals surface area contributed by atoms with Crippen LogP contribution in [0, 0.1) is 0 Å². The summed E-state index contributed by atoms with van der Waals surface area (Å²) >= 11 is 0. The smallest absolute Gasteiger partial charge is 0.416 e. The minimum absolute atomic E-state index is 0.0764. The second kappa shape index (κ2) is 8.34. The molecule has 1 amide bonds. The van der Waals surface area contributed by atoms with Crippen LogP contribution in [-0.2, 0) is 26.5 Å². The Hall–Kier alpha value is -2.68. The minimum Gasteiger partial charge on any atom is -0.449 e. The standard InChI is InChI=1S/C18H16F3NO4S/c1-11(26-17(24)14-5-3-4-6-15(14)27(2)25)16(23)22-13-9-7-12(8-10-13)18(19,20)21/h3-11H,1-2H3,(H,22,23)/t11-,27-/m0/s1. The minimum atomic E-state index is -4.47. The van der Waals surface area contributed by atoms with Crippen LogP contribution in [0.3, 0.4) is 0 Å². The summed E-state index contributed by atoms with van der Waals surface area (Å²) in [7, 11) is -1.42. The van der Waals surface area contributed by atoms with Crippen molar-refractivity contribution in [3.63, 3.8) is 0 Å². The summed E-state index contributed by atoms with van der Waals surface area (Å²) in [6, 6.07) is 10.0. The molecule has 9 heteroatoms. The van der Waals surface area contributed by atoms with Crippen LogP contribution in [-0.4, -0.2) is 28.4 Å². The third kappa shape index (κ3) is 5.40. The Labute approximate surface area is 156 Å². The van der Waals surface area contributed by atoms with Gasteiger partial charge in [0.25, 0.3) is 5.91 Å². The van der Waals surface area contributed by atoms with Gasteiger partial charge in [-0.05, 0) is 43.3 Å². The molecule has 0 spiro atoms. The third-order valence-corrected chi connectivity index (χ3v) is 4.52. The van der Waals surface area contributed by atoms with Crippen molar-refractivity contribution in [1.82, 2.24) is 0 Å². The average molecular weight is 399 g/mol. The van der Waals surface area contributed by atoms with Crippen molar-refractivity contribution in [3.05, 3.63) is 59.7 Å². The van der Waals surface area contributed by atoms with E-state index < -0.39 is 40.5 Å². The van der Waals surface area contributed by atoms with Gasteiger partial charge in [0.2, 0.25) is 0 Å². The van der Waals surface area contributed by atoms with Crippen LogP contribution in [0.1, 0.15) is 22.8 Å². The zero-order valence-corrected chi connectivity index (χ0v) is 15.2. The van der Waals surface area contributed by atoms with Crippen molar-refractivity contribution in [2.45, 2.75) is 24.1 Å². The van der Waals surface area contributed by atoms with Crippen molar-refractivity contribution < 1.29 is 31.7 Å². The number of benzene rings is 2. The molecule has 0 unspecified atom stereocenters. The third-order valence-electron chi connectivity index (χ3n) is 3.55. The van der Waals surface area contributed by atoms with Gasteiger partial charge < -0.3 is 10.1 Å². The van der Waals surface area contributed by atoms with Crippen LogP contribution in [0.5, 0.6) is 0 Å². The number of alkyl halides is 3. The van der Waals surface area contributed by atoms with Crippen LogP contribution >= 0.6 is 0 Å². The molecule has 5 nitrogen and oxygen atoms in total. The van der Waals surface area contributed by atoms with Crippen LogP contribution in [0.2, 0.25) is 0 Å². The van der Waals surface area contributed by atoms with E-state index in [1.165, 1.54) is 25.3 Å². The van der Waals surface area contributed by atoms with Crippen molar-refractivity contribution in [3.8, 4) is 0 Å². The lowest BCUT2D eigenvalue weighted by Gasteiger charge is -2.15. The Kier molecular flexibility index (Phi) is 6.37. The Morgan fingerprint density at radius 3 is 2.22 bits per heavy atom. The zero-order valence-electron chi connectivity index (χ0n) is 14.4. The molecule has 27 heavy (non-hydrogen) atoms. The van der Waals surface area contributed by atoms with E-state index >= 15 is 0 Å². The molecule has 0 aliphatic carbocycles. The number of hydrogen-bond donors (Lipinski definition) is 1. The van der Waals surface area contributed by atoms with Crippen molar-refractivity contribution in [2.75, 3.05) is 11.6 Å². The van der Waals surface area contributed by atoms with Gasteiger partial charge in [-0.2, -0.15) is 13.2 Å². The lowest BCUT2D eigenvalue weighted by atomic mass is 10.2. The highest BCUT2D eigenvalue weighted by Gasteiger charge is 2.30. The molecule has 2 aromatic rings. The van der Waals surface area contributed by atoms with Crippen molar-refractivity contribution in [2.24, 2.45) is 0 Å². The number of carbonyl (C=O) groups is 2. The quantitative estimate of drug-likeness (QED) is 0.780. The molecule has 2 atom stereocenters. The molecule has 0 fully saturated rings. The fraction of sp³-hybridized carbons (Fsp3) is 0.222. The Balaban J connectivity index is 2.04. The Morgan fingerprint density at radius 1 is 1.07 bits per heavy atom. The number of carbonyl (C=O) groups excluding carboxylic acids is 2. The van der Waals surface area contributed by atoms with E-state index in [0.29, 0.717) is 0 Å². The molecule has 144 valence electrons. The molecule has 0 bridgehead atoms. The number of rotatable bonds is 5. The predicted octanol–water partition coefficient (Wildman–Crippen LogP) is 3.63. The molecule has 0 saturated carbocycles. The molecular weight excluding hydrogens is 383 g/mol. The van der Waals surface area contributed by atoms with Gasteiger partial charge >= 0.3 is 12.1 Å². The maximum absolute atomic E-state index is 12.5. The predicted molar refractivity (Wildman–Crippen MR) is 93.7 cm³/mol. The van der Waals surface area contributed by atoms with Crippen LogP contribution in [0.4, 0.5) is 18.9 Å². The molecular formula is C18H16F3NO4S. The van der Waals surface area contributed by atoms with Crippen LogP contribution in [0.15, 0.2) is 53.4 Å². The van der Waals surface area contributed by atoms with E-state index in [1.54, 1.807) is 12.1 Å². The van der Waals surface area contributed by atoms with Gasteiger partial charge in [0.15, 0.2) is 6.10 Å². The lowest BCUT2D eigenvalue weighted by Crippen LogP contribution is -2.30. The van der Waals surface area contributed by atoms with Crippen molar-refractivity contribution in [1.29, 1.82) is 0 Å². The molecule has 1 N–H and O–H groups in total. The molecule has 2 rings (SSSR count).